The molecule has 6 heteroatoms. The van der Waals surface area contributed by atoms with Gasteiger partial charge in [-0.3, -0.25) is 19.7 Å². The van der Waals surface area contributed by atoms with Crippen LogP contribution in [0, 0.1) is 15.5 Å². The Morgan fingerprint density at radius 2 is 1.81 bits per heavy atom. The minimum absolute atomic E-state index is 0.0233. The molecule has 140 valence electrons. The lowest BCUT2D eigenvalue weighted by atomic mass is 9.67. The van der Waals surface area contributed by atoms with E-state index in [9.17, 15) is 19.7 Å². The summed E-state index contributed by atoms with van der Waals surface area (Å²) in [5, 5.41) is 14.6. The lowest BCUT2D eigenvalue weighted by Gasteiger charge is -2.41. The van der Waals surface area contributed by atoms with Crippen molar-refractivity contribution in [2.75, 3.05) is 0 Å². The minimum Gasteiger partial charge on any atom is -0.362 e. The molecule has 0 bridgehead atoms. The summed E-state index contributed by atoms with van der Waals surface area (Å²) in [5.41, 5.74) is 3.47. The largest absolute Gasteiger partial charge is 0.362 e. The highest BCUT2D eigenvalue weighted by Crippen LogP contribution is 2.48. The molecule has 1 aromatic carbocycles. The molecule has 4 rings (SSSR count). The first-order valence-corrected chi connectivity index (χ1v) is 9.31. The zero-order valence-corrected chi connectivity index (χ0v) is 15.5. The van der Waals surface area contributed by atoms with Gasteiger partial charge in [0.25, 0.3) is 5.69 Å². The fourth-order valence-corrected chi connectivity index (χ4v) is 4.59. The Morgan fingerprint density at radius 1 is 1.07 bits per heavy atom. The quantitative estimate of drug-likeness (QED) is 0.633. The monoisotopic (exact) mass is 366 g/mol. The van der Waals surface area contributed by atoms with E-state index in [1.165, 1.54) is 12.1 Å². The van der Waals surface area contributed by atoms with E-state index < -0.39 is 10.8 Å². The Bertz CT molecular complexity index is 939. The molecular formula is C21H22N2O4. The number of hydrogen-bond acceptors (Lipinski definition) is 5. The Labute approximate surface area is 157 Å². The fourth-order valence-electron chi connectivity index (χ4n) is 4.59. The van der Waals surface area contributed by atoms with Crippen LogP contribution in [0.15, 0.2) is 46.8 Å². The minimum atomic E-state index is -0.507. The molecule has 0 amide bonds. The van der Waals surface area contributed by atoms with Crippen molar-refractivity contribution in [3.63, 3.8) is 0 Å². The number of nitrogens with one attached hydrogen (secondary N) is 1. The second-order valence-corrected chi connectivity index (χ2v) is 8.41. The molecule has 1 aromatic rings. The summed E-state index contributed by atoms with van der Waals surface area (Å²) in [6.45, 7) is 4.13. The summed E-state index contributed by atoms with van der Waals surface area (Å²) in [6, 6.07) is 6.34. The second-order valence-electron chi connectivity index (χ2n) is 8.41. The van der Waals surface area contributed by atoms with Gasteiger partial charge in [-0.2, -0.15) is 0 Å². The molecule has 0 fully saturated rings. The van der Waals surface area contributed by atoms with Gasteiger partial charge in [0.2, 0.25) is 0 Å². The van der Waals surface area contributed by atoms with E-state index in [0.29, 0.717) is 29.6 Å². The van der Waals surface area contributed by atoms with E-state index >= 15 is 0 Å². The predicted octanol–water partition coefficient (Wildman–Crippen LogP) is 3.93. The fraction of sp³-hybridized carbons (Fsp3) is 0.429. The van der Waals surface area contributed by atoms with Crippen LogP contribution in [0.2, 0.25) is 0 Å². The standard InChI is InChI=1S/C21H22N2O4/c1-21(2)10-15-20(17(25)11-21)18(12-5-3-6-13(9-12)23(26)27)19-14(22-15)7-4-8-16(19)24/h3,5-6,9,18,22H,4,7-8,10-11H2,1-2H3. The number of Topliss-reactive ketones (excluding diaryl/α,β-unsaturated/α-hetero) is 2. The van der Waals surface area contributed by atoms with Gasteiger partial charge in [0.05, 0.1) is 4.92 Å². The molecule has 6 nitrogen and oxygen atoms in total. The van der Waals surface area contributed by atoms with Crippen LogP contribution in [0.5, 0.6) is 0 Å². The summed E-state index contributed by atoms with van der Waals surface area (Å²) in [4.78, 5) is 36.6. The van der Waals surface area contributed by atoms with E-state index in [2.05, 4.69) is 19.2 Å². The number of ketones is 2. The van der Waals surface area contributed by atoms with Gasteiger partial charge < -0.3 is 5.32 Å². The number of carbonyl (C=O) groups is 2. The van der Waals surface area contributed by atoms with Crippen molar-refractivity contribution < 1.29 is 14.5 Å². The first kappa shape index (κ1) is 17.6. The molecular weight excluding hydrogens is 344 g/mol. The number of nitrogens with zero attached hydrogens (tertiary/aromatic N) is 1. The Hall–Kier alpha value is -2.76. The van der Waals surface area contributed by atoms with Crippen molar-refractivity contribution in [2.45, 2.75) is 51.9 Å². The number of carbonyl (C=O) groups excluding carboxylic acids is 2. The molecule has 0 spiro atoms. The summed E-state index contributed by atoms with van der Waals surface area (Å²) >= 11 is 0. The van der Waals surface area contributed by atoms with Crippen LogP contribution in [-0.4, -0.2) is 16.5 Å². The van der Waals surface area contributed by atoms with E-state index in [1.807, 2.05) is 0 Å². The van der Waals surface area contributed by atoms with Crippen LogP contribution >= 0.6 is 0 Å². The topological polar surface area (TPSA) is 89.3 Å². The number of hydrogen-bond donors (Lipinski definition) is 1. The highest BCUT2D eigenvalue weighted by atomic mass is 16.6. The Balaban J connectivity index is 1.91. The summed E-state index contributed by atoms with van der Waals surface area (Å²) < 4.78 is 0. The van der Waals surface area contributed by atoms with Gasteiger partial charge in [-0.05, 0) is 30.2 Å². The van der Waals surface area contributed by atoms with Gasteiger partial charge >= 0.3 is 0 Å². The molecule has 1 N–H and O–H groups in total. The number of allylic oxidation sites excluding steroid dienone is 4. The number of nitro benzene ring substituents is 1. The summed E-state index contributed by atoms with van der Waals surface area (Å²) in [5.74, 6) is -0.452. The molecule has 0 radical (unpaired) electrons. The Morgan fingerprint density at radius 3 is 2.56 bits per heavy atom. The predicted molar refractivity (Wildman–Crippen MR) is 99.9 cm³/mol. The molecule has 1 atom stereocenters. The number of benzene rings is 1. The summed E-state index contributed by atoms with van der Waals surface area (Å²) in [7, 11) is 0. The van der Waals surface area contributed by atoms with Crippen molar-refractivity contribution in [2.24, 2.45) is 5.41 Å². The van der Waals surface area contributed by atoms with Crippen LogP contribution in [0.3, 0.4) is 0 Å². The molecule has 0 aromatic heterocycles. The zero-order chi connectivity index (χ0) is 19.3. The van der Waals surface area contributed by atoms with Gasteiger partial charge in [0.1, 0.15) is 0 Å². The molecule has 1 aliphatic heterocycles. The number of non-ortho nitro benzene ring substituents is 1. The number of rotatable bonds is 2. The average Bonchev–Trinajstić information content (AvgIpc) is 2.59. The second kappa shape index (κ2) is 6.15. The zero-order valence-electron chi connectivity index (χ0n) is 15.5. The maximum Gasteiger partial charge on any atom is 0.269 e. The van der Waals surface area contributed by atoms with Crippen LogP contribution in [0.4, 0.5) is 5.69 Å². The Kier molecular flexibility index (Phi) is 4.02. The maximum atomic E-state index is 13.1. The summed E-state index contributed by atoms with van der Waals surface area (Å²) in [6.07, 6.45) is 3.14. The first-order valence-electron chi connectivity index (χ1n) is 9.31. The molecule has 1 unspecified atom stereocenters. The number of nitro groups is 1. The maximum absolute atomic E-state index is 13.1. The van der Waals surface area contributed by atoms with E-state index in [1.54, 1.807) is 12.1 Å². The highest BCUT2D eigenvalue weighted by molar-refractivity contribution is 6.06. The lowest BCUT2D eigenvalue weighted by Crippen LogP contribution is -2.39. The van der Waals surface area contributed by atoms with Crippen LogP contribution in [-0.2, 0) is 9.59 Å². The van der Waals surface area contributed by atoms with Gasteiger partial charge in [-0.1, -0.05) is 26.0 Å². The van der Waals surface area contributed by atoms with Crippen molar-refractivity contribution in [3.8, 4) is 0 Å². The van der Waals surface area contributed by atoms with Crippen LogP contribution in [0.1, 0.15) is 57.4 Å². The number of dihydropyridines is 1. The van der Waals surface area contributed by atoms with Gasteiger partial charge in [-0.15, -0.1) is 0 Å². The first-order chi connectivity index (χ1) is 12.8. The van der Waals surface area contributed by atoms with E-state index in [4.69, 9.17) is 0 Å². The van der Waals surface area contributed by atoms with Crippen LogP contribution < -0.4 is 5.32 Å². The van der Waals surface area contributed by atoms with Crippen molar-refractivity contribution in [3.05, 3.63) is 62.5 Å². The van der Waals surface area contributed by atoms with Crippen molar-refractivity contribution in [1.82, 2.24) is 5.32 Å². The van der Waals surface area contributed by atoms with Gasteiger partial charge in [0, 0.05) is 53.4 Å². The molecule has 27 heavy (non-hydrogen) atoms. The van der Waals surface area contributed by atoms with Gasteiger partial charge in [-0.25, -0.2) is 0 Å². The molecule has 0 saturated heterocycles. The molecule has 3 aliphatic rings. The highest BCUT2D eigenvalue weighted by Gasteiger charge is 2.44. The third-order valence-electron chi connectivity index (χ3n) is 5.67. The lowest BCUT2D eigenvalue weighted by molar-refractivity contribution is -0.384. The SMILES string of the molecule is CC1(C)CC(=O)C2=C(C1)NC1=C(C(=O)CCC1)C2c1cccc([N+](=O)[O-])c1. The van der Waals surface area contributed by atoms with Crippen molar-refractivity contribution in [1.29, 1.82) is 0 Å². The van der Waals surface area contributed by atoms with Crippen molar-refractivity contribution >= 4 is 17.3 Å². The van der Waals surface area contributed by atoms with Gasteiger partial charge in [0.15, 0.2) is 11.6 Å². The van der Waals surface area contributed by atoms with E-state index in [0.717, 1.165) is 30.7 Å². The smallest absolute Gasteiger partial charge is 0.269 e. The molecule has 1 heterocycles. The average molecular weight is 366 g/mol. The normalized spacial score (nSPS) is 24.3. The van der Waals surface area contributed by atoms with Crippen LogP contribution in [0.25, 0.3) is 0 Å². The third-order valence-corrected chi connectivity index (χ3v) is 5.67. The molecule has 2 aliphatic carbocycles. The molecule has 0 saturated carbocycles. The van der Waals surface area contributed by atoms with E-state index in [-0.39, 0.29) is 22.7 Å². The third kappa shape index (κ3) is 2.99.